The van der Waals surface area contributed by atoms with Gasteiger partial charge in [0.1, 0.15) is 5.69 Å². The Balaban J connectivity index is 2.22. The average Bonchev–Trinajstić information content (AvgIpc) is 2.68. The maximum Gasteiger partial charge on any atom is 0.273 e. The van der Waals surface area contributed by atoms with Gasteiger partial charge in [0.25, 0.3) is 5.91 Å². The summed E-state index contributed by atoms with van der Waals surface area (Å²) in [6.07, 6.45) is 1.56. The molecule has 1 aromatic heterocycles. The lowest BCUT2D eigenvalue weighted by Crippen LogP contribution is -2.16. The number of benzene rings is 1. The van der Waals surface area contributed by atoms with E-state index in [4.69, 9.17) is 17.3 Å². The van der Waals surface area contributed by atoms with Crippen LogP contribution in [0, 0.1) is 0 Å². The van der Waals surface area contributed by atoms with E-state index < -0.39 is 0 Å². The molecule has 0 bridgehead atoms. The Morgan fingerprint density at radius 2 is 2.24 bits per heavy atom. The van der Waals surface area contributed by atoms with Gasteiger partial charge in [-0.2, -0.15) is 5.10 Å². The number of aryl methyl sites for hydroxylation is 1. The standard InChI is InChI=1S/C11H11ClN4O/c1-16-10(4-5-14-16)11(17)15-9-3-2-7(13)6-8(9)12/h2-6H,13H2,1H3,(H,15,17). The number of nitrogens with one attached hydrogen (secondary N) is 1. The number of nitrogens with zero attached hydrogens (tertiary/aromatic N) is 2. The Kier molecular flexibility index (Phi) is 3.01. The first-order chi connectivity index (χ1) is 8.08. The number of halogens is 1. The molecule has 0 aliphatic carbocycles. The van der Waals surface area contributed by atoms with Crippen LogP contribution in [0.5, 0.6) is 0 Å². The van der Waals surface area contributed by atoms with Crippen molar-refractivity contribution in [2.45, 2.75) is 0 Å². The van der Waals surface area contributed by atoms with Crippen LogP contribution < -0.4 is 11.1 Å². The van der Waals surface area contributed by atoms with Gasteiger partial charge in [0.15, 0.2) is 0 Å². The molecule has 0 fully saturated rings. The van der Waals surface area contributed by atoms with Gasteiger partial charge in [0.05, 0.1) is 10.7 Å². The highest BCUT2D eigenvalue weighted by Gasteiger charge is 2.11. The molecule has 6 heteroatoms. The van der Waals surface area contributed by atoms with Crippen molar-refractivity contribution in [3.63, 3.8) is 0 Å². The molecule has 3 N–H and O–H groups in total. The number of nitrogens with two attached hydrogens (primary N) is 1. The Labute approximate surface area is 103 Å². The molecule has 1 aromatic carbocycles. The fourth-order valence-corrected chi connectivity index (χ4v) is 1.65. The lowest BCUT2D eigenvalue weighted by molar-refractivity contribution is 0.101. The molecule has 0 saturated heterocycles. The van der Waals surface area contributed by atoms with E-state index in [0.717, 1.165) is 0 Å². The summed E-state index contributed by atoms with van der Waals surface area (Å²) in [6, 6.07) is 6.54. The summed E-state index contributed by atoms with van der Waals surface area (Å²) in [6.45, 7) is 0. The summed E-state index contributed by atoms with van der Waals surface area (Å²) < 4.78 is 1.49. The third kappa shape index (κ3) is 2.39. The van der Waals surface area contributed by atoms with Crippen molar-refractivity contribution in [3.05, 3.63) is 41.2 Å². The summed E-state index contributed by atoms with van der Waals surface area (Å²) in [5.74, 6) is -0.267. The van der Waals surface area contributed by atoms with E-state index in [2.05, 4.69) is 10.4 Å². The van der Waals surface area contributed by atoms with Gasteiger partial charge in [0.2, 0.25) is 0 Å². The number of hydrogen-bond donors (Lipinski definition) is 2. The molecule has 0 saturated carbocycles. The first-order valence-corrected chi connectivity index (χ1v) is 5.30. The van der Waals surface area contributed by atoms with Gasteiger partial charge in [-0.3, -0.25) is 9.48 Å². The van der Waals surface area contributed by atoms with Gasteiger partial charge in [-0.1, -0.05) is 11.6 Å². The Morgan fingerprint density at radius 3 is 2.82 bits per heavy atom. The SMILES string of the molecule is Cn1nccc1C(=O)Nc1ccc(N)cc1Cl. The summed E-state index contributed by atoms with van der Waals surface area (Å²) >= 11 is 5.96. The van der Waals surface area contributed by atoms with Gasteiger partial charge in [0, 0.05) is 18.9 Å². The maximum absolute atomic E-state index is 11.9. The van der Waals surface area contributed by atoms with Gasteiger partial charge >= 0.3 is 0 Å². The molecule has 1 heterocycles. The largest absolute Gasteiger partial charge is 0.399 e. The van der Waals surface area contributed by atoms with E-state index in [1.54, 1.807) is 37.5 Å². The molecule has 0 aliphatic heterocycles. The summed E-state index contributed by atoms with van der Waals surface area (Å²) in [4.78, 5) is 11.9. The third-order valence-corrected chi connectivity index (χ3v) is 2.61. The molecule has 5 nitrogen and oxygen atoms in total. The number of hydrogen-bond acceptors (Lipinski definition) is 3. The Hall–Kier alpha value is -2.01. The molecule has 2 rings (SSSR count). The van der Waals surface area contributed by atoms with Crippen LogP contribution in [0.1, 0.15) is 10.5 Å². The summed E-state index contributed by atoms with van der Waals surface area (Å²) in [5.41, 5.74) is 7.09. The van der Waals surface area contributed by atoms with Crippen LogP contribution in [0.2, 0.25) is 5.02 Å². The van der Waals surface area contributed by atoms with E-state index in [0.29, 0.717) is 22.1 Å². The number of amides is 1. The van der Waals surface area contributed by atoms with Crippen LogP contribution in [0.3, 0.4) is 0 Å². The molecule has 0 unspecified atom stereocenters. The Morgan fingerprint density at radius 1 is 1.47 bits per heavy atom. The average molecular weight is 251 g/mol. The molecule has 1 amide bonds. The lowest BCUT2D eigenvalue weighted by atomic mass is 10.2. The smallest absolute Gasteiger partial charge is 0.273 e. The zero-order valence-electron chi connectivity index (χ0n) is 9.14. The van der Waals surface area contributed by atoms with Crippen molar-refractivity contribution in [1.82, 2.24) is 9.78 Å². The molecule has 0 aliphatic rings. The predicted molar refractivity (Wildman–Crippen MR) is 67.0 cm³/mol. The second-order valence-corrected chi connectivity index (χ2v) is 3.94. The highest BCUT2D eigenvalue weighted by atomic mass is 35.5. The first kappa shape index (κ1) is 11.5. The maximum atomic E-state index is 11.9. The summed E-state index contributed by atoms with van der Waals surface area (Å²) in [5, 5.41) is 7.02. The zero-order valence-corrected chi connectivity index (χ0v) is 9.90. The molecule has 0 spiro atoms. The number of aromatic nitrogens is 2. The predicted octanol–water partition coefficient (Wildman–Crippen LogP) is 1.91. The molecule has 88 valence electrons. The highest BCUT2D eigenvalue weighted by molar-refractivity contribution is 6.34. The third-order valence-electron chi connectivity index (χ3n) is 2.29. The van der Waals surface area contributed by atoms with Crippen molar-refractivity contribution >= 4 is 28.9 Å². The van der Waals surface area contributed by atoms with Crippen molar-refractivity contribution in [2.75, 3.05) is 11.1 Å². The van der Waals surface area contributed by atoms with E-state index in [-0.39, 0.29) is 5.91 Å². The van der Waals surface area contributed by atoms with Crippen LogP contribution >= 0.6 is 11.6 Å². The molecule has 0 radical (unpaired) electrons. The van der Waals surface area contributed by atoms with Crippen LogP contribution in [0.25, 0.3) is 0 Å². The number of carbonyl (C=O) groups excluding carboxylic acids is 1. The fourth-order valence-electron chi connectivity index (χ4n) is 1.42. The van der Waals surface area contributed by atoms with Gasteiger partial charge < -0.3 is 11.1 Å². The highest BCUT2D eigenvalue weighted by Crippen LogP contribution is 2.24. The molecule has 2 aromatic rings. The van der Waals surface area contributed by atoms with Crippen molar-refractivity contribution < 1.29 is 4.79 Å². The fraction of sp³-hybridized carbons (Fsp3) is 0.0909. The van der Waals surface area contributed by atoms with Gasteiger partial charge in [-0.05, 0) is 24.3 Å². The first-order valence-electron chi connectivity index (χ1n) is 4.92. The minimum Gasteiger partial charge on any atom is -0.399 e. The van der Waals surface area contributed by atoms with Crippen molar-refractivity contribution in [1.29, 1.82) is 0 Å². The molecule has 0 atom stereocenters. The van der Waals surface area contributed by atoms with Crippen LogP contribution in [0.15, 0.2) is 30.5 Å². The molecular weight excluding hydrogens is 240 g/mol. The van der Waals surface area contributed by atoms with E-state index >= 15 is 0 Å². The minimum atomic E-state index is -0.267. The number of carbonyl (C=O) groups is 1. The number of nitrogen functional groups attached to an aromatic ring is 1. The van der Waals surface area contributed by atoms with E-state index in [1.807, 2.05) is 0 Å². The Bertz CT molecular complexity index is 564. The van der Waals surface area contributed by atoms with Crippen LogP contribution in [-0.4, -0.2) is 15.7 Å². The van der Waals surface area contributed by atoms with Crippen LogP contribution in [0.4, 0.5) is 11.4 Å². The van der Waals surface area contributed by atoms with Crippen LogP contribution in [-0.2, 0) is 7.05 Å². The van der Waals surface area contributed by atoms with E-state index in [9.17, 15) is 4.79 Å². The van der Waals surface area contributed by atoms with E-state index in [1.165, 1.54) is 4.68 Å². The topological polar surface area (TPSA) is 72.9 Å². The minimum absolute atomic E-state index is 0.267. The second-order valence-electron chi connectivity index (χ2n) is 3.53. The number of anilines is 2. The van der Waals surface area contributed by atoms with Crippen molar-refractivity contribution in [3.8, 4) is 0 Å². The summed E-state index contributed by atoms with van der Waals surface area (Å²) in [7, 11) is 1.69. The zero-order chi connectivity index (χ0) is 12.4. The number of rotatable bonds is 2. The molecular formula is C11H11ClN4O. The monoisotopic (exact) mass is 250 g/mol. The lowest BCUT2D eigenvalue weighted by Gasteiger charge is -2.07. The quantitative estimate of drug-likeness (QED) is 0.800. The normalized spacial score (nSPS) is 10.2. The van der Waals surface area contributed by atoms with Gasteiger partial charge in [-0.25, -0.2) is 0 Å². The van der Waals surface area contributed by atoms with Gasteiger partial charge in [-0.15, -0.1) is 0 Å². The molecule has 17 heavy (non-hydrogen) atoms. The van der Waals surface area contributed by atoms with Crippen molar-refractivity contribution in [2.24, 2.45) is 7.05 Å². The second kappa shape index (κ2) is 4.47.